The lowest BCUT2D eigenvalue weighted by Gasteiger charge is -2.39. The standard InChI is InChI=1S/C24H26O12/c1-31-11-6-13(26)18-14(7-11)34-9-12(19(18)27)10-4-15(32-2)23(33-3)16(5-10)35-24-22(30)21(29)20(28)17(8-25)36-24/h4-7,9,17,20-22,24-26,28-30H,8H2,1-3H3/t17-,20-,21+,22-,24-/m0/s1. The summed E-state index contributed by atoms with van der Waals surface area (Å²) in [6.45, 7) is -0.641. The Labute approximate surface area is 204 Å². The molecule has 12 nitrogen and oxygen atoms in total. The summed E-state index contributed by atoms with van der Waals surface area (Å²) in [5.74, 6) is 0.147. The number of aromatic hydroxyl groups is 1. The van der Waals surface area contributed by atoms with Crippen LogP contribution in [0.25, 0.3) is 22.1 Å². The van der Waals surface area contributed by atoms with Gasteiger partial charge in [0.15, 0.2) is 11.5 Å². The molecular weight excluding hydrogens is 480 g/mol. The second kappa shape index (κ2) is 10.2. The minimum atomic E-state index is -1.68. The van der Waals surface area contributed by atoms with E-state index in [2.05, 4.69) is 0 Å². The summed E-state index contributed by atoms with van der Waals surface area (Å²) in [4.78, 5) is 13.3. The van der Waals surface area contributed by atoms with Crippen LogP contribution in [0.5, 0.6) is 28.7 Å². The van der Waals surface area contributed by atoms with Gasteiger partial charge in [-0.3, -0.25) is 4.79 Å². The summed E-state index contributed by atoms with van der Waals surface area (Å²) >= 11 is 0. The lowest BCUT2D eigenvalue weighted by atomic mass is 9.99. The predicted octanol–water partition coefficient (Wildman–Crippen LogP) is 0.370. The number of phenolic OH excluding ortho intramolecular Hbond substituents is 1. The highest BCUT2D eigenvalue weighted by atomic mass is 16.7. The fraction of sp³-hybridized carbons (Fsp3) is 0.375. The molecule has 194 valence electrons. The molecule has 36 heavy (non-hydrogen) atoms. The van der Waals surface area contributed by atoms with Gasteiger partial charge in [0.1, 0.15) is 53.1 Å². The van der Waals surface area contributed by atoms with E-state index in [1.54, 1.807) is 0 Å². The van der Waals surface area contributed by atoms with Crippen LogP contribution >= 0.6 is 0 Å². The molecule has 0 spiro atoms. The first-order chi connectivity index (χ1) is 17.2. The van der Waals surface area contributed by atoms with Crippen LogP contribution in [0, 0.1) is 0 Å². The third-order valence-corrected chi connectivity index (χ3v) is 5.91. The highest BCUT2D eigenvalue weighted by Gasteiger charge is 2.45. The topological polar surface area (TPSA) is 178 Å². The normalized spacial score (nSPS) is 23.9. The van der Waals surface area contributed by atoms with E-state index in [0.29, 0.717) is 5.75 Å². The molecule has 1 aliphatic heterocycles. The van der Waals surface area contributed by atoms with Gasteiger partial charge in [0, 0.05) is 12.1 Å². The van der Waals surface area contributed by atoms with Crippen LogP contribution in [0.3, 0.4) is 0 Å². The maximum Gasteiger partial charge on any atom is 0.229 e. The fourth-order valence-corrected chi connectivity index (χ4v) is 3.99. The molecule has 5 atom stereocenters. The molecule has 1 saturated heterocycles. The van der Waals surface area contributed by atoms with Crippen molar-refractivity contribution in [3.63, 3.8) is 0 Å². The number of fused-ring (bicyclic) bond motifs is 1. The predicted molar refractivity (Wildman–Crippen MR) is 124 cm³/mol. The molecule has 0 aliphatic carbocycles. The van der Waals surface area contributed by atoms with Crippen molar-refractivity contribution < 1.29 is 53.6 Å². The van der Waals surface area contributed by atoms with Gasteiger partial charge in [-0.2, -0.15) is 0 Å². The number of benzene rings is 2. The van der Waals surface area contributed by atoms with Gasteiger partial charge in [0.2, 0.25) is 17.5 Å². The third kappa shape index (κ3) is 4.40. The maximum absolute atomic E-state index is 13.3. The highest BCUT2D eigenvalue weighted by Crippen LogP contribution is 2.42. The number of aliphatic hydroxyl groups is 4. The average molecular weight is 506 g/mol. The molecule has 4 rings (SSSR count). The zero-order valence-corrected chi connectivity index (χ0v) is 19.6. The van der Waals surface area contributed by atoms with Gasteiger partial charge in [-0.05, 0) is 17.7 Å². The monoisotopic (exact) mass is 506 g/mol. The Morgan fingerprint density at radius 2 is 1.64 bits per heavy atom. The maximum atomic E-state index is 13.3. The van der Waals surface area contributed by atoms with Gasteiger partial charge in [-0.25, -0.2) is 0 Å². The van der Waals surface area contributed by atoms with Gasteiger partial charge in [0.05, 0.1) is 33.5 Å². The van der Waals surface area contributed by atoms with Crippen LogP contribution in [0.1, 0.15) is 0 Å². The van der Waals surface area contributed by atoms with E-state index in [-0.39, 0.29) is 45.1 Å². The van der Waals surface area contributed by atoms with Crippen LogP contribution in [-0.2, 0) is 4.74 Å². The molecule has 2 heterocycles. The SMILES string of the molecule is COc1cc(O)c2c(=O)c(-c3cc(OC)c(OC)c(O[C@H]4O[C@@H](CO)[C@H](O)[C@@H](O)[C@@H]4O)c3)coc2c1. The molecule has 5 N–H and O–H groups in total. The van der Waals surface area contributed by atoms with Crippen LogP contribution in [-0.4, -0.2) is 84.2 Å². The molecule has 0 radical (unpaired) electrons. The summed E-state index contributed by atoms with van der Waals surface area (Å²) < 4.78 is 32.6. The van der Waals surface area contributed by atoms with Crippen LogP contribution < -0.4 is 24.4 Å². The van der Waals surface area contributed by atoms with Crippen molar-refractivity contribution in [2.45, 2.75) is 30.7 Å². The quantitative estimate of drug-likeness (QED) is 0.298. The molecule has 1 aromatic heterocycles. The largest absolute Gasteiger partial charge is 0.507 e. The van der Waals surface area contributed by atoms with Gasteiger partial charge < -0.3 is 53.6 Å². The van der Waals surface area contributed by atoms with E-state index < -0.39 is 42.7 Å². The van der Waals surface area contributed by atoms with E-state index >= 15 is 0 Å². The van der Waals surface area contributed by atoms with Crippen LogP contribution in [0.15, 0.2) is 39.7 Å². The minimum absolute atomic E-state index is 0.0440. The Morgan fingerprint density at radius 1 is 0.917 bits per heavy atom. The van der Waals surface area contributed by atoms with E-state index in [1.807, 2.05) is 0 Å². The summed E-state index contributed by atoms with van der Waals surface area (Å²) in [5.41, 5.74) is -0.151. The number of phenols is 1. The van der Waals surface area contributed by atoms with Gasteiger partial charge >= 0.3 is 0 Å². The van der Waals surface area contributed by atoms with Gasteiger partial charge in [-0.15, -0.1) is 0 Å². The molecular formula is C24H26O12. The molecule has 12 heteroatoms. The molecule has 1 aliphatic rings. The number of ether oxygens (including phenoxy) is 5. The van der Waals surface area contributed by atoms with E-state index in [9.17, 15) is 30.3 Å². The second-order valence-electron chi connectivity index (χ2n) is 8.02. The average Bonchev–Trinajstić information content (AvgIpc) is 2.88. The summed E-state index contributed by atoms with van der Waals surface area (Å²) in [6.07, 6.45) is -6.43. The van der Waals surface area contributed by atoms with Crippen molar-refractivity contribution in [2.75, 3.05) is 27.9 Å². The summed E-state index contributed by atoms with van der Waals surface area (Å²) in [6, 6.07) is 5.62. The lowest BCUT2D eigenvalue weighted by Crippen LogP contribution is -2.60. The molecule has 0 saturated carbocycles. The molecule has 0 amide bonds. The molecule has 0 unspecified atom stereocenters. The zero-order chi connectivity index (χ0) is 26.1. The zero-order valence-electron chi connectivity index (χ0n) is 19.6. The number of methoxy groups -OCH3 is 3. The first kappa shape index (κ1) is 25.5. The van der Waals surface area contributed by atoms with Crippen molar-refractivity contribution >= 4 is 11.0 Å². The van der Waals surface area contributed by atoms with Crippen molar-refractivity contribution in [1.29, 1.82) is 0 Å². The molecule has 3 aromatic rings. The van der Waals surface area contributed by atoms with Crippen molar-refractivity contribution in [2.24, 2.45) is 0 Å². The van der Waals surface area contributed by atoms with E-state index in [1.165, 1.54) is 51.9 Å². The Kier molecular flexibility index (Phi) is 7.24. The molecule has 1 fully saturated rings. The van der Waals surface area contributed by atoms with Gasteiger partial charge in [-0.1, -0.05) is 0 Å². The van der Waals surface area contributed by atoms with Crippen LogP contribution in [0.4, 0.5) is 0 Å². The minimum Gasteiger partial charge on any atom is -0.507 e. The number of hydrogen-bond donors (Lipinski definition) is 5. The number of aliphatic hydroxyl groups excluding tert-OH is 4. The van der Waals surface area contributed by atoms with Crippen molar-refractivity contribution in [3.8, 4) is 39.9 Å². The Hall–Kier alpha value is -3.55. The molecule has 0 bridgehead atoms. The summed E-state index contributed by atoms with van der Waals surface area (Å²) in [7, 11) is 4.11. The highest BCUT2D eigenvalue weighted by molar-refractivity contribution is 5.88. The first-order valence-corrected chi connectivity index (χ1v) is 10.8. The number of rotatable bonds is 7. The Balaban J connectivity index is 1.81. The van der Waals surface area contributed by atoms with Gasteiger partial charge in [0.25, 0.3) is 0 Å². The van der Waals surface area contributed by atoms with E-state index in [0.717, 1.165) is 0 Å². The third-order valence-electron chi connectivity index (χ3n) is 5.91. The molecule has 2 aromatic carbocycles. The van der Waals surface area contributed by atoms with Crippen molar-refractivity contribution in [1.82, 2.24) is 0 Å². The summed E-state index contributed by atoms with van der Waals surface area (Å²) in [5, 5.41) is 50.3. The second-order valence-corrected chi connectivity index (χ2v) is 8.02. The lowest BCUT2D eigenvalue weighted by molar-refractivity contribution is -0.277. The van der Waals surface area contributed by atoms with E-state index in [4.69, 9.17) is 28.1 Å². The smallest absolute Gasteiger partial charge is 0.229 e. The number of hydrogen-bond acceptors (Lipinski definition) is 12. The van der Waals surface area contributed by atoms with Crippen molar-refractivity contribution in [3.05, 3.63) is 40.8 Å². The Morgan fingerprint density at radius 3 is 2.28 bits per heavy atom. The van der Waals surface area contributed by atoms with Crippen LogP contribution in [0.2, 0.25) is 0 Å². The fourth-order valence-electron chi connectivity index (χ4n) is 3.99. The Bertz CT molecular complexity index is 1300. The first-order valence-electron chi connectivity index (χ1n) is 10.8.